The van der Waals surface area contributed by atoms with Crippen molar-refractivity contribution in [2.45, 2.75) is 12.8 Å². The molecule has 7 rings (SSSR count). The Hall–Kier alpha value is -3.02. The molecule has 2 heterocycles. The van der Waals surface area contributed by atoms with Gasteiger partial charge in [-0.25, -0.2) is 0 Å². The van der Waals surface area contributed by atoms with Gasteiger partial charge in [-0.15, -0.1) is 0 Å². The highest BCUT2D eigenvalue weighted by molar-refractivity contribution is 6.06. The minimum absolute atomic E-state index is 0.0181. The first kappa shape index (κ1) is 16.9. The molecule has 0 radical (unpaired) electrons. The summed E-state index contributed by atoms with van der Waals surface area (Å²) >= 11 is 0. The summed E-state index contributed by atoms with van der Waals surface area (Å²) in [5.41, 5.74) is 0.615. The van der Waals surface area contributed by atoms with E-state index in [2.05, 4.69) is 17.1 Å². The molecule has 6 heteroatoms. The molecule has 0 N–H and O–H groups in total. The van der Waals surface area contributed by atoms with Gasteiger partial charge in [0.05, 0.1) is 18.3 Å². The van der Waals surface area contributed by atoms with Crippen LogP contribution in [-0.4, -0.2) is 34.2 Å². The van der Waals surface area contributed by atoms with Crippen LogP contribution < -0.4 is 4.74 Å². The number of amides is 2. The van der Waals surface area contributed by atoms with Gasteiger partial charge >= 0.3 is 5.97 Å². The third-order valence-electron chi connectivity index (χ3n) is 7.11. The minimum Gasteiger partial charge on any atom is -0.424 e. The zero-order valence-corrected chi connectivity index (χ0v) is 15.7. The number of carbonyl (C=O) groups is 3. The molecular formula is C23H20N2O4. The number of esters is 1. The summed E-state index contributed by atoms with van der Waals surface area (Å²) in [6.45, 7) is 0.0798. The van der Waals surface area contributed by atoms with E-state index < -0.39 is 5.97 Å². The summed E-state index contributed by atoms with van der Waals surface area (Å²) in [6, 6.07) is 9.12. The van der Waals surface area contributed by atoms with E-state index in [0.29, 0.717) is 23.1 Å². The Labute approximate surface area is 167 Å². The third-order valence-corrected chi connectivity index (χ3v) is 7.11. The highest BCUT2D eigenvalue weighted by Crippen LogP contribution is 2.65. The fourth-order valence-corrected chi connectivity index (χ4v) is 5.77. The molecule has 3 fully saturated rings. The molecular weight excluding hydrogens is 368 g/mol. The number of hydrogen-bond acceptors (Lipinski definition) is 5. The molecule has 0 unspecified atom stereocenters. The number of likely N-dealkylation sites (tertiary alicyclic amines) is 1. The maximum atomic E-state index is 13.0. The van der Waals surface area contributed by atoms with E-state index in [-0.39, 0.29) is 48.5 Å². The molecule has 1 aliphatic heterocycles. The lowest BCUT2D eigenvalue weighted by Gasteiger charge is -2.37. The van der Waals surface area contributed by atoms with Gasteiger partial charge in [0.1, 0.15) is 5.52 Å². The summed E-state index contributed by atoms with van der Waals surface area (Å²) < 4.78 is 5.49. The second kappa shape index (κ2) is 5.99. The van der Waals surface area contributed by atoms with Crippen molar-refractivity contribution in [3.8, 4) is 5.75 Å². The third kappa shape index (κ3) is 2.41. The quantitative estimate of drug-likeness (QED) is 0.348. The Bertz CT molecular complexity index is 1050. The predicted molar refractivity (Wildman–Crippen MR) is 103 cm³/mol. The van der Waals surface area contributed by atoms with E-state index in [1.807, 2.05) is 18.2 Å². The SMILES string of the molecule is O=C(CCN1C(=O)[C@@H]2[C@H]3C=C[C@@H]([C@@H]4C[C@H]34)[C@H]2C1=O)Oc1cccc2cccnc12. The van der Waals surface area contributed by atoms with E-state index in [0.717, 1.165) is 11.8 Å². The van der Waals surface area contributed by atoms with Crippen LogP contribution in [0.3, 0.4) is 0 Å². The fourth-order valence-electron chi connectivity index (χ4n) is 5.77. The average Bonchev–Trinajstić information content (AvgIpc) is 3.52. The number of aromatic nitrogens is 1. The predicted octanol–water partition coefficient (Wildman–Crippen LogP) is 2.58. The van der Waals surface area contributed by atoms with Gasteiger partial charge in [-0.1, -0.05) is 30.4 Å². The second-order valence-electron chi connectivity index (χ2n) is 8.54. The smallest absolute Gasteiger partial charge is 0.313 e. The molecule has 2 amide bonds. The zero-order valence-electron chi connectivity index (χ0n) is 15.7. The second-order valence-corrected chi connectivity index (χ2v) is 8.54. The largest absolute Gasteiger partial charge is 0.424 e. The first-order chi connectivity index (χ1) is 14.1. The summed E-state index contributed by atoms with van der Waals surface area (Å²) in [4.78, 5) is 43.9. The first-order valence-corrected chi connectivity index (χ1v) is 10.2. The van der Waals surface area contributed by atoms with Crippen molar-refractivity contribution in [2.75, 3.05) is 6.54 Å². The Morgan fingerprint density at radius 1 is 1.03 bits per heavy atom. The number of fused-ring (bicyclic) bond motifs is 1. The molecule has 5 aliphatic rings. The van der Waals surface area contributed by atoms with Crippen LogP contribution in [0.5, 0.6) is 5.75 Å². The highest BCUT2D eigenvalue weighted by Gasteiger charge is 2.66. The monoisotopic (exact) mass is 388 g/mol. The van der Waals surface area contributed by atoms with Gasteiger partial charge in [0.15, 0.2) is 5.75 Å². The molecule has 0 spiro atoms. The standard InChI is InChI=1S/C23H20N2O4/c26-18(29-17-5-1-3-12-4-2-9-24-21(12)17)8-10-25-22(27)19-13-6-7-14(16-11-15(13)16)20(19)23(25)28/h1-7,9,13-16,19-20H,8,10-11H2/t13-,14-,15-,16+,19+,20+/m0/s1. The number of imide groups is 1. The average molecular weight is 388 g/mol. The van der Waals surface area contributed by atoms with Crippen LogP contribution in [0.1, 0.15) is 12.8 Å². The zero-order chi connectivity index (χ0) is 19.7. The maximum absolute atomic E-state index is 13.0. The van der Waals surface area contributed by atoms with Crippen LogP contribution in [0.2, 0.25) is 0 Å². The molecule has 146 valence electrons. The summed E-state index contributed by atoms with van der Waals surface area (Å²) in [5, 5.41) is 0.883. The molecule has 1 saturated heterocycles. The lowest BCUT2D eigenvalue weighted by atomic mass is 9.63. The number of nitrogens with zero attached hydrogens (tertiary/aromatic N) is 2. The van der Waals surface area contributed by atoms with Crippen molar-refractivity contribution < 1.29 is 19.1 Å². The molecule has 2 saturated carbocycles. The van der Waals surface area contributed by atoms with Crippen LogP contribution in [0.25, 0.3) is 10.9 Å². The number of hydrogen-bond donors (Lipinski definition) is 0. The molecule has 2 aromatic rings. The van der Waals surface area contributed by atoms with Gasteiger partial charge in [-0.05, 0) is 42.2 Å². The van der Waals surface area contributed by atoms with Crippen LogP contribution in [0.15, 0.2) is 48.7 Å². The summed E-state index contributed by atoms with van der Waals surface area (Å²) in [7, 11) is 0. The number of benzene rings is 1. The number of pyridine rings is 1. The van der Waals surface area contributed by atoms with E-state index in [9.17, 15) is 14.4 Å². The van der Waals surface area contributed by atoms with Crippen molar-refractivity contribution in [3.05, 3.63) is 48.7 Å². The highest BCUT2D eigenvalue weighted by atomic mass is 16.5. The van der Waals surface area contributed by atoms with Crippen molar-refractivity contribution in [2.24, 2.45) is 35.5 Å². The Morgan fingerprint density at radius 2 is 1.72 bits per heavy atom. The van der Waals surface area contributed by atoms with E-state index in [1.54, 1.807) is 18.3 Å². The molecule has 6 nitrogen and oxygen atoms in total. The number of carbonyl (C=O) groups excluding carboxylic acids is 3. The summed E-state index contributed by atoms with van der Waals surface area (Å²) in [6.07, 6.45) is 7.07. The lowest BCUT2D eigenvalue weighted by Crippen LogP contribution is -2.40. The molecule has 1 aromatic carbocycles. The van der Waals surface area contributed by atoms with Gasteiger partial charge < -0.3 is 4.74 Å². The van der Waals surface area contributed by atoms with E-state index in [1.165, 1.54) is 4.90 Å². The Morgan fingerprint density at radius 3 is 2.45 bits per heavy atom. The van der Waals surface area contributed by atoms with E-state index in [4.69, 9.17) is 4.74 Å². The number of allylic oxidation sites excluding steroid dienone is 2. The van der Waals surface area contributed by atoms with Gasteiger partial charge in [-0.3, -0.25) is 24.3 Å². The minimum atomic E-state index is -0.470. The van der Waals surface area contributed by atoms with Crippen molar-refractivity contribution in [1.82, 2.24) is 9.88 Å². The first-order valence-electron chi connectivity index (χ1n) is 10.2. The van der Waals surface area contributed by atoms with Crippen molar-refractivity contribution in [1.29, 1.82) is 0 Å². The molecule has 29 heavy (non-hydrogen) atoms. The number of ether oxygens (including phenoxy) is 1. The lowest BCUT2D eigenvalue weighted by molar-refractivity contribution is -0.141. The number of para-hydroxylation sites is 1. The van der Waals surface area contributed by atoms with Crippen LogP contribution in [0, 0.1) is 35.5 Å². The maximum Gasteiger partial charge on any atom is 0.313 e. The fraction of sp³-hybridized carbons (Fsp3) is 0.391. The van der Waals surface area contributed by atoms with E-state index >= 15 is 0 Å². The summed E-state index contributed by atoms with van der Waals surface area (Å²) in [5.74, 6) is 0.812. The van der Waals surface area contributed by atoms with Crippen molar-refractivity contribution in [3.63, 3.8) is 0 Å². The van der Waals surface area contributed by atoms with Gasteiger partial charge in [-0.2, -0.15) is 0 Å². The van der Waals surface area contributed by atoms with Crippen LogP contribution >= 0.6 is 0 Å². The van der Waals surface area contributed by atoms with Crippen molar-refractivity contribution >= 4 is 28.7 Å². The molecule has 4 aliphatic carbocycles. The van der Waals surface area contributed by atoms with Gasteiger partial charge in [0.25, 0.3) is 0 Å². The number of rotatable bonds is 4. The molecule has 2 bridgehead atoms. The van der Waals surface area contributed by atoms with Gasteiger partial charge in [0.2, 0.25) is 11.8 Å². The normalized spacial score (nSPS) is 33.7. The molecule has 6 atom stereocenters. The Balaban J connectivity index is 1.15. The topological polar surface area (TPSA) is 76.6 Å². The van der Waals surface area contributed by atoms with Gasteiger partial charge in [0, 0.05) is 18.1 Å². The van der Waals surface area contributed by atoms with Crippen LogP contribution in [0.4, 0.5) is 0 Å². The Kier molecular flexibility index (Phi) is 3.49. The molecule has 1 aromatic heterocycles. The van der Waals surface area contributed by atoms with Crippen LogP contribution in [-0.2, 0) is 14.4 Å².